The minimum absolute atomic E-state index is 0.0553. The van der Waals surface area contributed by atoms with Gasteiger partial charge in [0.05, 0.1) is 5.75 Å². The Morgan fingerprint density at radius 3 is 2.57 bits per heavy atom. The smallest absolute Gasteiger partial charge is 0.351 e. The van der Waals surface area contributed by atoms with Gasteiger partial charge in [0.25, 0.3) is 0 Å². The van der Waals surface area contributed by atoms with Crippen molar-refractivity contribution >= 4 is 34.0 Å². The Morgan fingerprint density at radius 2 is 1.90 bits per heavy atom. The first-order valence-electron chi connectivity index (χ1n) is 8.83. The second kappa shape index (κ2) is 9.17. The number of carbonyl (C=O) groups excluding carboxylic acids is 1. The molecule has 1 aromatic carbocycles. The first kappa shape index (κ1) is 22.3. The van der Waals surface area contributed by atoms with E-state index < -0.39 is 12.7 Å². The maximum atomic E-state index is 13.1. The van der Waals surface area contributed by atoms with Gasteiger partial charge in [-0.3, -0.25) is 4.79 Å². The lowest BCUT2D eigenvalue weighted by molar-refractivity contribution is -0.115. The first-order chi connectivity index (χ1) is 14.1. The van der Waals surface area contributed by atoms with Crippen LogP contribution in [0.4, 0.5) is 22.7 Å². The van der Waals surface area contributed by atoms with Crippen LogP contribution in [0.3, 0.4) is 0 Å². The molecule has 0 aliphatic heterocycles. The number of aryl methyl sites for hydroxylation is 1. The van der Waals surface area contributed by atoms with Crippen LogP contribution in [0.5, 0.6) is 0 Å². The molecule has 0 bridgehead atoms. The summed E-state index contributed by atoms with van der Waals surface area (Å²) < 4.78 is 52.2. The van der Waals surface area contributed by atoms with E-state index in [1.54, 1.807) is 18.2 Å². The molecule has 5 nitrogen and oxygen atoms in total. The van der Waals surface area contributed by atoms with E-state index >= 15 is 0 Å². The highest BCUT2D eigenvalue weighted by Gasteiger charge is 2.27. The molecule has 3 rings (SSSR count). The number of thioether (sulfide) groups is 1. The van der Waals surface area contributed by atoms with Gasteiger partial charge in [-0.15, -0.1) is 10.2 Å². The number of rotatable bonds is 8. The van der Waals surface area contributed by atoms with Crippen molar-refractivity contribution in [3.05, 3.63) is 58.7 Å². The summed E-state index contributed by atoms with van der Waals surface area (Å²) in [5, 5.41) is 9.68. The molecular formula is C19H18F4N4OS2. The van der Waals surface area contributed by atoms with E-state index in [-0.39, 0.29) is 22.5 Å². The normalized spacial score (nSPS) is 11.7. The minimum atomic E-state index is -4.34. The lowest BCUT2D eigenvalue weighted by Crippen LogP contribution is -2.21. The third kappa shape index (κ3) is 5.82. The van der Waals surface area contributed by atoms with Crippen LogP contribution in [-0.2, 0) is 6.54 Å². The van der Waals surface area contributed by atoms with Crippen molar-refractivity contribution in [3.8, 4) is 0 Å². The zero-order valence-corrected chi connectivity index (χ0v) is 17.7. The molecule has 0 aliphatic carbocycles. The SMILES string of the molecule is Cc1cc(C(=O)CSc2nnc(NCC(F)(F)F)s2)c(C)n1Cc1ccc(F)cc1. The fourth-order valence-electron chi connectivity index (χ4n) is 2.82. The van der Waals surface area contributed by atoms with Crippen LogP contribution in [0.1, 0.15) is 27.3 Å². The maximum absolute atomic E-state index is 13.1. The Hall–Kier alpha value is -2.40. The third-order valence-corrected chi connectivity index (χ3v) is 6.32. The average Bonchev–Trinajstić information content (AvgIpc) is 3.25. The van der Waals surface area contributed by atoms with Gasteiger partial charge in [-0.25, -0.2) is 4.39 Å². The zero-order valence-electron chi connectivity index (χ0n) is 16.1. The van der Waals surface area contributed by atoms with Crippen molar-refractivity contribution in [1.82, 2.24) is 14.8 Å². The number of benzene rings is 1. The van der Waals surface area contributed by atoms with E-state index in [0.29, 0.717) is 16.4 Å². The number of halogens is 4. The molecule has 2 heterocycles. The summed E-state index contributed by atoms with van der Waals surface area (Å²) in [6.45, 7) is 3.07. The van der Waals surface area contributed by atoms with E-state index in [0.717, 1.165) is 40.0 Å². The van der Waals surface area contributed by atoms with Crippen LogP contribution >= 0.6 is 23.1 Å². The van der Waals surface area contributed by atoms with Crippen molar-refractivity contribution in [2.24, 2.45) is 0 Å². The van der Waals surface area contributed by atoms with Gasteiger partial charge in [-0.1, -0.05) is 35.2 Å². The fourth-order valence-corrected chi connectivity index (χ4v) is 4.45. The highest BCUT2D eigenvalue weighted by molar-refractivity contribution is 8.01. The summed E-state index contributed by atoms with van der Waals surface area (Å²) in [5.41, 5.74) is 3.19. The molecule has 0 spiro atoms. The largest absolute Gasteiger partial charge is 0.405 e. The first-order valence-corrected chi connectivity index (χ1v) is 10.6. The van der Waals surface area contributed by atoms with Crippen molar-refractivity contribution < 1.29 is 22.4 Å². The Labute approximate surface area is 178 Å². The molecule has 1 N–H and O–H groups in total. The number of nitrogens with one attached hydrogen (secondary N) is 1. The van der Waals surface area contributed by atoms with Crippen LogP contribution < -0.4 is 5.32 Å². The number of hydrogen-bond donors (Lipinski definition) is 1. The second-order valence-electron chi connectivity index (χ2n) is 6.55. The van der Waals surface area contributed by atoms with E-state index in [2.05, 4.69) is 15.5 Å². The van der Waals surface area contributed by atoms with Crippen molar-refractivity contribution in [1.29, 1.82) is 0 Å². The summed E-state index contributed by atoms with van der Waals surface area (Å²) >= 11 is 2.10. The van der Waals surface area contributed by atoms with Crippen LogP contribution in [0.25, 0.3) is 0 Å². The monoisotopic (exact) mass is 458 g/mol. The van der Waals surface area contributed by atoms with Gasteiger partial charge in [-0.05, 0) is 37.6 Å². The molecule has 0 amide bonds. The topological polar surface area (TPSA) is 59.8 Å². The predicted octanol–water partition coefficient (Wildman–Crippen LogP) is 5.09. The highest BCUT2D eigenvalue weighted by atomic mass is 32.2. The quantitative estimate of drug-likeness (QED) is 0.289. The summed E-state index contributed by atoms with van der Waals surface area (Å²) in [6.07, 6.45) is -4.34. The standard InChI is InChI=1S/C19H18F4N4OS2/c1-11-7-15(12(2)27(11)8-13-3-5-14(20)6-4-13)16(28)9-29-18-26-25-17(30-18)24-10-19(21,22)23/h3-7H,8-10H2,1-2H3,(H,24,25). The molecule has 160 valence electrons. The fraction of sp³-hybridized carbons (Fsp3) is 0.316. The van der Waals surface area contributed by atoms with Gasteiger partial charge in [0.1, 0.15) is 12.4 Å². The molecule has 2 aromatic heterocycles. The van der Waals surface area contributed by atoms with E-state index in [9.17, 15) is 22.4 Å². The number of anilines is 1. The summed E-state index contributed by atoms with van der Waals surface area (Å²) in [4.78, 5) is 12.7. The van der Waals surface area contributed by atoms with Crippen LogP contribution in [0.15, 0.2) is 34.7 Å². The molecule has 0 atom stereocenters. The van der Waals surface area contributed by atoms with Crippen LogP contribution in [0, 0.1) is 19.7 Å². The average molecular weight is 459 g/mol. The highest BCUT2D eigenvalue weighted by Crippen LogP contribution is 2.28. The van der Waals surface area contributed by atoms with Crippen molar-refractivity contribution in [3.63, 3.8) is 0 Å². The van der Waals surface area contributed by atoms with Gasteiger partial charge in [0, 0.05) is 23.5 Å². The molecule has 0 saturated carbocycles. The Morgan fingerprint density at radius 1 is 1.20 bits per heavy atom. The molecule has 11 heteroatoms. The number of carbonyl (C=O) groups is 1. The maximum Gasteiger partial charge on any atom is 0.405 e. The van der Waals surface area contributed by atoms with Crippen molar-refractivity contribution in [2.75, 3.05) is 17.6 Å². The number of Topliss-reactive ketones (excluding diaryl/α,β-unsaturated/α-hetero) is 1. The molecule has 0 unspecified atom stereocenters. The predicted molar refractivity (Wildman–Crippen MR) is 109 cm³/mol. The van der Waals surface area contributed by atoms with Gasteiger partial charge in [0.2, 0.25) is 5.13 Å². The zero-order chi connectivity index (χ0) is 21.9. The Bertz CT molecular complexity index is 1030. The van der Waals surface area contributed by atoms with Crippen LogP contribution in [0.2, 0.25) is 0 Å². The minimum Gasteiger partial charge on any atom is -0.351 e. The Balaban J connectivity index is 1.62. The number of ketones is 1. The summed E-state index contributed by atoms with van der Waals surface area (Å²) in [5.74, 6) is -0.325. The molecule has 3 aromatic rings. The molecule has 0 aliphatic rings. The molecule has 0 saturated heterocycles. The van der Waals surface area contributed by atoms with Gasteiger partial charge < -0.3 is 9.88 Å². The molecule has 0 radical (unpaired) electrons. The van der Waals surface area contributed by atoms with Gasteiger partial charge in [-0.2, -0.15) is 13.2 Å². The lowest BCUT2D eigenvalue weighted by Gasteiger charge is -2.10. The van der Waals surface area contributed by atoms with E-state index in [4.69, 9.17) is 0 Å². The molecule has 30 heavy (non-hydrogen) atoms. The van der Waals surface area contributed by atoms with Gasteiger partial charge >= 0.3 is 6.18 Å². The van der Waals surface area contributed by atoms with Crippen molar-refractivity contribution in [2.45, 2.75) is 30.9 Å². The summed E-state index contributed by atoms with van der Waals surface area (Å²) in [7, 11) is 0. The number of alkyl halides is 3. The molecule has 0 fully saturated rings. The lowest BCUT2D eigenvalue weighted by atomic mass is 10.2. The number of nitrogens with zero attached hydrogens (tertiary/aromatic N) is 3. The molecular weight excluding hydrogens is 440 g/mol. The third-order valence-electron chi connectivity index (χ3n) is 4.30. The van der Waals surface area contributed by atoms with E-state index in [1.165, 1.54) is 12.1 Å². The number of aromatic nitrogens is 3. The second-order valence-corrected chi connectivity index (χ2v) is 8.75. The Kier molecular flexibility index (Phi) is 6.81. The summed E-state index contributed by atoms with van der Waals surface area (Å²) in [6, 6.07) is 7.99. The van der Waals surface area contributed by atoms with E-state index in [1.807, 2.05) is 18.4 Å². The number of hydrogen-bond acceptors (Lipinski definition) is 6. The van der Waals surface area contributed by atoms with Gasteiger partial charge in [0.15, 0.2) is 10.1 Å². The van der Waals surface area contributed by atoms with Crippen LogP contribution in [-0.4, -0.2) is 39.0 Å².